The fourth-order valence-corrected chi connectivity index (χ4v) is 4.04. The molecule has 1 saturated carbocycles. The van der Waals surface area contributed by atoms with Gasteiger partial charge in [-0.1, -0.05) is 43.5 Å². The van der Waals surface area contributed by atoms with Gasteiger partial charge in [0.2, 0.25) is 0 Å². The number of methoxy groups -OCH3 is 1. The number of rotatable bonds is 7. The second-order valence-electron chi connectivity index (χ2n) is 5.75. The lowest BCUT2D eigenvalue weighted by molar-refractivity contribution is 0.184. The van der Waals surface area contributed by atoms with E-state index in [4.69, 9.17) is 4.74 Å². The number of hydrogen-bond acceptors (Lipinski definition) is 3. The highest BCUT2D eigenvalue weighted by atomic mass is 32.2. The lowest BCUT2D eigenvalue weighted by atomic mass is 9.88. The summed E-state index contributed by atoms with van der Waals surface area (Å²) in [7, 11) is 1.76. The highest BCUT2D eigenvalue weighted by molar-refractivity contribution is 8.00. The van der Waals surface area contributed by atoms with Gasteiger partial charge in [0, 0.05) is 24.9 Å². The SMILES string of the molecule is COCc1ccccc1CNCC1(SC)CCCCC1. The van der Waals surface area contributed by atoms with E-state index >= 15 is 0 Å². The zero-order valence-electron chi connectivity index (χ0n) is 12.8. The van der Waals surface area contributed by atoms with Gasteiger partial charge in [0.25, 0.3) is 0 Å². The first-order chi connectivity index (χ1) is 9.79. The highest BCUT2D eigenvalue weighted by Gasteiger charge is 2.30. The molecule has 0 aliphatic heterocycles. The zero-order valence-corrected chi connectivity index (χ0v) is 13.6. The summed E-state index contributed by atoms with van der Waals surface area (Å²) in [4.78, 5) is 0. The first-order valence-electron chi connectivity index (χ1n) is 7.61. The highest BCUT2D eigenvalue weighted by Crippen LogP contribution is 2.38. The summed E-state index contributed by atoms with van der Waals surface area (Å²) in [6.07, 6.45) is 9.19. The molecule has 1 aliphatic carbocycles. The molecule has 112 valence electrons. The van der Waals surface area contributed by atoms with Gasteiger partial charge in [0.1, 0.15) is 0 Å². The monoisotopic (exact) mass is 293 g/mol. The van der Waals surface area contributed by atoms with Crippen LogP contribution in [-0.2, 0) is 17.9 Å². The summed E-state index contributed by atoms with van der Waals surface area (Å²) < 4.78 is 5.74. The van der Waals surface area contributed by atoms with Gasteiger partial charge in [-0.15, -0.1) is 0 Å². The minimum Gasteiger partial charge on any atom is -0.380 e. The average Bonchev–Trinajstić information content (AvgIpc) is 2.50. The van der Waals surface area contributed by atoms with Crippen molar-refractivity contribution in [2.45, 2.75) is 50.0 Å². The first kappa shape index (κ1) is 15.9. The molecule has 0 aromatic heterocycles. The maximum atomic E-state index is 5.27. The Morgan fingerprint density at radius 3 is 2.50 bits per heavy atom. The van der Waals surface area contributed by atoms with Crippen LogP contribution in [0.1, 0.15) is 43.2 Å². The molecule has 1 aliphatic rings. The van der Waals surface area contributed by atoms with Crippen molar-refractivity contribution < 1.29 is 4.74 Å². The number of thioether (sulfide) groups is 1. The fourth-order valence-electron chi connectivity index (χ4n) is 3.10. The Morgan fingerprint density at radius 2 is 1.85 bits per heavy atom. The van der Waals surface area contributed by atoms with E-state index in [1.807, 2.05) is 0 Å². The molecular weight excluding hydrogens is 266 g/mol. The third-order valence-electron chi connectivity index (χ3n) is 4.38. The molecule has 0 radical (unpaired) electrons. The molecule has 1 aromatic rings. The summed E-state index contributed by atoms with van der Waals surface area (Å²) in [5.41, 5.74) is 2.66. The molecule has 1 N–H and O–H groups in total. The second kappa shape index (κ2) is 8.06. The van der Waals surface area contributed by atoms with Crippen LogP contribution in [0.3, 0.4) is 0 Å². The molecule has 0 heterocycles. The van der Waals surface area contributed by atoms with Gasteiger partial charge in [0.05, 0.1) is 6.61 Å². The molecule has 2 nitrogen and oxygen atoms in total. The summed E-state index contributed by atoms with van der Waals surface area (Å²) in [5, 5.41) is 3.69. The van der Waals surface area contributed by atoms with E-state index in [0.717, 1.165) is 13.1 Å². The van der Waals surface area contributed by atoms with Crippen molar-refractivity contribution in [3.8, 4) is 0 Å². The summed E-state index contributed by atoms with van der Waals surface area (Å²) in [6.45, 7) is 2.77. The quantitative estimate of drug-likeness (QED) is 0.821. The Labute approximate surface area is 127 Å². The van der Waals surface area contributed by atoms with Crippen molar-refractivity contribution in [3.63, 3.8) is 0 Å². The van der Waals surface area contributed by atoms with Crippen LogP contribution in [-0.4, -0.2) is 24.7 Å². The molecular formula is C17H27NOS. The van der Waals surface area contributed by atoms with Crippen LogP contribution in [0.2, 0.25) is 0 Å². The molecule has 0 atom stereocenters. The van der Waals surface area contributed by atoms with Crippen molar-refractivity contribution in [2.24, 2.45) is 0 Å². The number of hydrogen-bond donors (Lipinski definition) is 1. The van der Waals surface area contributed by atoms with Crippen molar-refractivity contribution in [1.29, 1.82) is 0 Å². The lowest BCUT2D eigenvalue weighted by Gasteiger charge is -2.36. The van der Waals surface area contributed by atoms with Crippen LogP contribution >= 0.6 is 11.8 Å². The number of nitrogens with one attached hydrogen (secondary N) is 1. The first-order valence-corrected chi connectivity index (χ1v) is 8.84. The van der Waals surface area contributed by atoms with Gasteiger partial charge in [-0.3, -0.25) is 0 Å². The summed E-state index contributed by atoms with van der Waals surface area (Å²) >= 11 is 2.06. The predicted octanol–water partition coefficient (Wildman–Crippen LogP) is 3.99. The zero-order chi connectivity index (χ0) is 14.3. The number of ether oxygens (including phenoxy) is 1. The van der Waals surface area contributed by atoms with E-state index in [2.05, 4.69) is 47.6 Å². The van der Waals surface area contributed by atoms with E-state index in [1.54, 1.807) is 7.11 Å². The minimum atomic E-state index is 0.467. The second-order valence-corrected chi connectivity index (χ2v) is 7.03. The molecule has 0 spiro atoms. The molecule has 0 amide bonds. The Balaban J connectivity index is 1.88. The number of benzene rings is 1. The van der Waals surface area contributed by atoms with E-state index in [-0.39, 0.29) is 0 Å². The predicted molar refractivity (Wildman–Crippen MR) is 88.2 cm³/mol. The van der Waals surface area contributed by atoms with Crippen LogP contribution in [0.5, 0.6) is 0 Å². The standard InChI is InChI=1S/C17H27NOS/c1-19-13-16-9-5-4-8-15(16)12-18-14-17(20-2)10-6-3-7-11-17/h4-5,8-9,18H,3,6-7,10-14H2,1-2H3. The van der Waals surface area contributed by atoms with E-state index in [1.165, 1.54) is 43.2 Å². The van der Waals surface area contributed by atoms with E-state index < -0.39 is 0 Å². The molecule has 20 heavy (non-hydrogen) atoms. The Kier molecular flexibility index (Phi) is 6.40. The minimum absolute atomic E-state index is 0.467. The van der Waals surface area contributed by atoms with Crippen molar-refractivity contribution in [3.05, 3.63) is 35.4 Å². The largest absolute Gasteiger partial charge is 0.380 e. The Hall–Kier alpha value is -0.510. The van der Waals surface area contributed by atoms with Gasteiger partial charge in [0.15, 0.2) is 0 Å². The average molecular weight is 293 g/mol. The smallest absolute Gasteiger partial charge is 0.0716 e. The third kappa shape index (κ3) is 4.24. The molecule has 3 heteroatoms. The summed E-state index contributed by atoms with van der Waals surface area (Å²) in [6, 6.07) is 8.56. The summed E-state index contributed by atoms with van der Waals surface area (Å²) in [5.74, 6) is 0. The fraction of sp³-hybridized carbons (Fsp3) is 0.647. The molecule has 0 bridgehead atoms. The van der Waals surface area contributed by atoms with Crippen molar-refractivity contribution in [2.75, 3.05) is 19.9 Å². The van der Waals surface area contributed by atoms with Crippen molar-refractivity contribution >= 4 is 11.8 Å². The normalized spacial score (nSPS) is 18.1. The van der Waals surface area contributed by atoms with Gasteiger partial charge in [-0.05, 0) is 30.2 Å². The van der Waals surface area contributed by atoms with E-state index in [9.17, 15) is 0 Å². The maximum absolute atomic E-state index is 5.27. The molecule has 1 fully saturated rings. The lowest BCUT2D eigenvalue weighted by Crippen LogP contribution is -2.39. The van der Waals surface area contributed by atoms with Gasteiger partial charge >= 0.3 is 0 Å². The van der Waals surface area contributed by atoms with Crippen molar-refractivity contribution in [1.82, 2.24) is 5.32 Å². The van der Waals surface area contributed by atoms with Crippen LogP contribution < -0.4 is 5.32 Å². The molecule has 0 saturated heterocycles. The molecule has 0 unspecified atom stereocenters. The van der Waals surface area contributed by atoms with Crippen LogP contribution in [0, 0.1) is 0 Å². The van der Waals surface area contributed by atoms with Crippen LogP contribution in [0.25, 0.3) is 0 Å². The maximum Gasteiger partial charge on any atom is 0.0716 e. The van der Waals surface area contributed by atoms with Gasteiger partial charge in [-0.25, -0.2) is 0 Å². The molecule has 2 rings (SSSR count). The third-order valence-corrected chi connectivity index (χ3v) is 5.80. The van der Waals surface area contributed by atoms with E-state index in [0.29, 0.717) is 11.4 Å². The van der Waals surface area contributed by atoms with Crippen LogP contribution in [0.4, 0.5) is 0 Å². The Morgan fingerprint density at radius 1 is 1.15 bits per heavy atom. The van der Waals surface area contributed by atoms with Crippen LogP contribution in [0.15, 0.2) is 24.3 Å². The van der Waals surface area contributed by atoms with Gasteiger partial charge < -0.3 is 10.1 Å². The van der Waals surface area contributed by atoms with Gasteiger partial charge in [-0.2, -0.15) is 11.8 Å². The topological polar surface area (TPSA) is 21.3 Å². The molecule has 1 aromatic carbocycles. The Bertz CT molecular complexity index is 402.